The number of hydrogen-bond donors (Lipinski definition) is 4. The van der Waals surface area contributed by atoms with E-state index in [-0.39, 0.29) is 5.41 Å². The second-order valence-corrected chi connectivity index (χ2v) is 11.7. The third-order valence-corrected chi connectivity index (χ3v) is 7.24. The van der Waals surface area contributed by atoms with E-state index < -0.39 is 18.8 Å². The number of nitrogens with zero attached hydrogens (tertiary/aromatic N) is 4. The van der Waals surface area contributed by atoms with Crippen LogP contribution in [0, 0.1) is 29.1 Å². The SMILES string of the molecule is C#Cc1cnc2c(C#N)cc(N[C@H](C3=CN(CC(F)(F)F)NN3)c3cccc4ncsc34)cc2c1NCC(C)(C)C. The van der Waals surface area contributed by atoms with Crippen molar-refractivity contribution in [1.29, 1.82) is 5.26 Å². The molecule has 0 radical (unpaired) electrons. The molecule has 0 spiro atoms. The largest absolute Gasteiger partial charge is 0.407 e. The molecular weight excluding hydrogens is 549 g/mol. The number of nitrogens with one attached hydrogen (secondary N) is 4. The van der Waals surface area contributed by atoms with E-state index in [1.54, 1.807) is 17.8 Å². The molecule has 1 atom stereocenters. The number of halogens is 3. The smallest absolute Gasteiger partial charge is 0.383 e. The van der Waals surface area contributed by atoms with Crippen LogP contribution in [0.3, 0.4) is 0 Å². The van der Waals surface area contributed by atoms with Crippen LogP contribution in [0.2, 0.25) is 0 Å². The van der Waals surface area contributed by atoms with Crippen molar-refractivity contribution in [3.8, 4) is 18.4 Å². The van der Waals surface area contributed by atoms with Gasteiger partial charge in [-0.2, -0.15) is 18.4 Å². The van der Waals surface area contributed by atoms with Crippen LogP contribution in [0.4, 0.5) is 24.5 Å². The monoisotopic (exact) mass is 576 g/mol. The summed E-state index contributed by atoms with van der Waals surface area (Å²) >= 11 is 1.43. The second kappa shape index (κ2) is 10.8. The molecule has 0 saturated heterocycles. The van der Waals surface area contributed by atoms with E-state index in [9.17, 15) is 18.4 Å². The molecule has 4 aromatic rings. The van der Waals surface area contributed by atoms with Gasteiger partial charge in [0.2, 0.25) is 0 Å². The predicted octanol–water partition coefficient (Wildman–Crippen LogP) is 6.04. The van der Waals surface area contributed by atoms with Crippen molar-refractivity contribution in [1.82, 2.24) is 25.9 Å². The number of anilines is 2. The van der Waals surface area contributed by atoms with E-state index in [0.717, 1.165) is 20.8 Å². The van der Waals surface area contributed by atoms with Crippen LogP contribution in [0.1, 0.15) is 43.5 Å². The van der Waals surface area contributed by atoms with Crippen LogP contribution >= 0.6 is 11.3 Å². The molecule has 8 nitrogen and oxygen atoms in total. The van der Waals surface area contributed by atoms with Crippen molar-refractivity contribution in [2.24, 2.45) is 5.41 Å². The molecule has 12 heteroatoms. The Kier molecular flexibility index (Phi) is 7.39. The molecule has 2 aromatic carbocycles. The summed E-state index contributed by atoms with van der Waals surface area (Å²) in [6.07, 6.45) is 4.36. The van der Waals surface area contributed by atoms with Crippen molar-refractivity contribution in [2.75, 3.05) is 23.7 Å². The highest BCUT2D eigenvalue weighted by Crippen LogP contribution is 2.37. The van der Waals surface area contributed by atoms with Crippen LogP contribution in [0.25, 0.3) is 21.1 Å². The van der Waals surface area contributed by atoms with Gasteiger partial charge in [0, 0.05) is 30.0 Å². The fourth-order valence-corrected chi connectivity index (χ4v) is 5.38. The minimum atomic E-state index is -4.40. The molecule has 1 aliphatic rings. The highest BCUT2D eigenvalue weighted by Gasteiger charge is 2.33. The maximum atomic E-state index is 13.1. The summed E-state index contributed by atoms with van der Waals surface area (Å²) in [5.74, 6) is 2.67. The van der Waals surface area contributed by atoms with E-state index >= 15 is 0 Å². The molecule has 3 heterocycles. The highest BCUT2D eigenvalue weighted by atomic mass is 32.1. The van der Waals surface area contributed by atoms with Crippen LogP contribution < -0.4 is 21.6 Å². The molecule has 41 heavy (non-hydrogen) atoms. The van der Waals surface area contributed by atoms with E-state index in [1.807, 2.05) is 24.3 Å². The summed E-state index contributed by atoms with van der Waals surface area (Å²) in [5.41, 5.74) is 11.8. The van der Waals surface area contributed by atoms with Gasteiger partial charge in [-0.3, -0.25) is 9.99 Å². The van der Waals surface area contributed by atoms with Gasteiger partial charge < -0.3 is 16.1 Å². The lowest BCUT2D eigenvalue weighted by atomic mass is 9.96. The minimum absolute atomic E-state index is 0.0518. The number of pyridine rings is 1. The number of nitriles is 1. The summed E-state index contributed by atoms with van der Waals surface area (Å²) in [6, 6.07) is 10.7. The second-order valence-electron chi connectivity index (χ2n) is 10.8. The van der Waals surface area contributed by atoms with Gasteiger partial charge in [-0.25, -0.2) is 4.98 Å². The number of hydrogen-bond acceptors (Lipinski definition) is 9. The number of benzene rings is 2. The van der Waals surface area contributed by atoms with Gasteiger partial charge in [-0.05, 0) is 29.2 Å². The Hall–Kier alpha value is -4.52. The first-order valence-corrected chi connectivity index (χ1v) is 13.6. The first-order chi connectivity index (χ1) is 19.5. The molecule has 5 rings (SSSR count). The molecule has 0 aliphatic carbocycles. The Morgan fingerprint density at radius 2 is 1.98 bits per heavy atom. The Labute approximate surface area is 239 Å². The van der Waals surface area contributed by atoms with Gasteiger partial charge >= 0.3 is 6.18 Å². The molecule has 0 amide bonds. The number of terminal acetylenes is 1. The standard InChI is InChI=1S/C29H27F3N8S/c1-5-17-12-34-25-18(11-33)9-19(10-21(25)24(17)35-14-28(2,3)4)37-26(20-7-6-8-22-27(20)41-16-36-22)23-13-40(39-38-23)15-29(30,31)32/h1,6-10,12-13,16,26,37-39H,14-15H2,2-4H3,(H,34,35)/t26-/m0/s1. The van der Waals surface area contributed by atoms with Crippen LogP contribution in [-0.2, 0) is 0 Å². The number of rotatable bonds is 7. The maximum absolute atomic E-state index is 13.1. The molecule has 0 unspecified atom stereocenters. The number of fused-ring (bicyclic) bond motifs is 2. The molecule has 0 fully saturated rings. The third kappa shape index (κ3) is 6.14. The Morgan fingerprint density at radius 3 is 2.68 bits per heavy atom. The third-order valence-electron chi connectivity index (χ3n) is 6.35. The van der Waals surface area contributed by atoms with Gasteiger partial charge in [0.05, 0.1) is 49.8 Å². The van der Waals surface area contributed by atoms with Gasteiger partial charge in [-0.15, -0.1) is 23.3 Å². The van der Waals surface area contributed by atoms with E-state index in [4.69, 9.17) is 6.42 Å². The lowest BCUT2D eigenvalue weighted by Gasteiger charge is -2.24. The molecule has 0 saturated carbocycles. The van der Waals surface area contributed by atoms with E-state index in [2.05, 4.69) is 64.3 Å². The zero-order valence-electron chi connectivity index (χ0n) is 22.5. The van der Waals surface area contributed by atoms with Gasteiger partial charge in [0.1, 0.15) is 12.6 Å². The fraction of sp³-hybridized carbons (Fsp3) is 0.276. The van der Waals surface area contributed by atoms with Gasteiger partial charge in [-0.1, -0.05) is 38.8 Å². The predicted molar refractivity (Wildman–Crippen MR) is 155 cm³/mol. The van der Waals surface area contributed by atoms with E-state index in [1.165, 1.54) is 17.5 Å². The summed E-state index contributed by atoms with van der Waals surface area (Å²) in [6.45, 7) is 5.72. The first kappa shape index (κ1) is 28.0. The Balaban J connectivity index is 1.63. The maximum Gasteiger partial charge on any atom is 0.407 e. The molecule has 210 valence electrons. The quantitative estimate of drug-likeness (QED) is 0.198. The topological polar surface area (TPSA) is 101 Å². The van der Waals surface area contributed by atoms with Crippen molar-refractivity contribution in [3.63, 3.8) is 0 Å². The zero-order valence-corrected chi connectivity index (χ0v) is 23.3. The van der Waals surface area contributed by atoms with Crippen LogP contribution in [-0.4, -0.2) is 34.2 Å². The van der Waals surface area contributed by atoms with Gasteiger partial charge in [0.25, 0.3) is 0 Å². The lowest BCUT2D eigenvalue weighted by Crippen LogP contribution is -2.42. The Bertz CT molecular complexity index is 1720. The van der Waals surface area contributed by atoms with Crippen molar-refractivity contribution < 1.29 is 13.2 Å². The Morgan fingerprint density at radius 1 is 1.17 bits per heavy atom. The average Bonchev–Trinajstić information content (AvgIpc) is 3.58. The number of alkyl halides is 3. The van der Waals surface area contributed by atoms with Gasteiger partial charge in [0.15, 0.2) is 0 Å². The first-order valence-electron chi connectivity index (χ1n) is 12.7. The molecule has 0 bridgehead atoms. The zero-order chi connectivity index (χ0) is 29.4. The summed E-state index contributed by atoms with van der Waals surface area (Å²) in [7, 11) is 0. The lowest BCUT2D eigenvalue weighted by molar-refractivity contribution is -0.145. The average molecular weight is 577 g/mol. The number of hydrazine groups is 2. The number of aromatic nitrogens is 2. The van der Waals surface area contributed by atoms with Crippen LogP contribution in [0.15, 0.2) is 53.9 Å². The highest BCUT2D eigenvalue weighted by molar-refractivity contribution is 7.17. The number of thiazole rings is 1. The van der Waals surface area contributed by atoms with Crippen molar-refractivity contribution >= 4 is 43.8 Å². The molecule has 4 N–H and O–H groups in total. The summed E-state index contributed by atoms with van der Waals surface area (Å²) in [4.78, 5) is 8.87. The molecule has 2 aromatic heterocycles. The molecular formula is C29H27F3N8S. The van der Waals surface area contributed by atoms with Crippen LogP contribution in [0.5, 0.6) is 0 Å². The van der Waals surface area contributed by atoms with Crippen molar-refractivity contribution in [3.05, 3.63) is 70.6 Å². The van der Waals surface area contributed by atoms with Crippen molar-refractivity contribution in [2.45, 2.75) is 33.0 Å². The minimum Gasteiger partial charge on any atom is -0.383 e. The van der Waals surface area contributed by atoms with E-state index in [0.29, 0.717) is 45.6 Å². The molecule has 1 aliphatic heterocycles. The fourth-order valence-electron chi connectivity index (χ4n) is 4.54. The normalized spacial score (nSPS) is 14.3. The summed E-state index contributed by atoms with van der Waals surface area (Å²) < 4.78 is 40.2. The summed E-state index contributed by atoms with van der Waals surface area (Å²) in [5, 5.41) is 18.5.